The molecule has 1 fully saturated rings. The standard InChI is InChI=1S/C27H25FN4O3/c1-18-6-11-21-23(16-18)29-25(22-4-2-3-5-24(22)34)30-26(21)31-12-14-32(15-13-31)27(35,17-33)19-7-9-20(28)10-8-19/h2-11,16-17,34-35H,12-15H2,1H3. The summed E-state index contributed by atoms with van der Waals surface area (Å²) in [7, 11) is 0. The number of aryl methyl sites for hydroxylation is 1. The number of carbonyl (C=O) groups excluding carboxylic acids is 1. The van der Waals surface area contributed by atoms with E-state index in [2.05, 4.69) is 4.90 Å². The Labute approximate surface area is 202 Å². The molecule has 178 valence electrons. The number of aromatic nitrogens is 2. The predicted molar refractivity (Wildman–Crippen MR) is 132 cm³/mol. The summed E-state index contributed by atoms with van der Waals surface area (Å²) in [5.41, 5.74) is 0.859. The number of aliphatic hydroxyl groups is 1. The van der Waals surface area contributed by atoms with Gasteiger partial charge in [0.15, 0.2) is 12.1 Å². The number of fused-ring (bicyclic) bond motifs is 1. The van der Waals surface area contributed by atoms with Crippen molar-refractivity contribution in [2.75, 3.05) is 31.1 Å². The lowest BCUT2D eigenvalue weighted by Gasteiger charge is -2.42. The lowest BCUT2D eigenvalue weighted by molar-refractivity contribution is -0.151. The number of phenols is 1. The first-order chi connectivity index (χ1) is 16.9. The van der Waals surface area contributed by atoms with Gasteiger partial charge in [-0.25, -0.2) is 14.4 Å². The quantitative estimate of drug-likeness (QED) is 0.429. The number of rotatable bonds is 5. The Balaban J connectivity index is 1.48. The van der Waals surface area contributed by atoms with Crippen molar-refractivity contribution in [3.63, 3.8) is 0 Å². The lowest BCUT2D eigenvalue weighted by Crippen LogP contribution is -2.56. The Morgan fingerprint density at radius 1 is 0.971 bits per heavy atom. The van der Waals surface area contributed by atoms with Gasteiger partial charge >= 0.3 is 0 Å². The molecule has 1 unspecified atom stereocenters. The average molecular weight is 473 g/mol. The van der Waals surface area contributed by atoms with E-state index >= 15 is 0 Å². The molecule has 3 aromatic carbocycles. The van der Waals surface area contributed by atoms with E-state index in [-0.39, 0.29) is 5.75 Å². The van der Waals surface area contributed by atoms with Crippen molar-refractivity contribution in [1.82, 2.24) is 14.9 Å². The maximum Gasteiger partial charge on any atom is 0.202 e. The molecule has 1 atom stereocenters. The van der Waals surface area contributed by atoms with Crippen LogP contribution in [0.25, 0.3) is 22.3 Å². The number of benzene rings is 3. The van der Waals surface area contributed by atoms with Crippen molar-refractivity contribution < 1.29 is 19.4 Å². The summed E-state index contributed by atoms with van der Waals surface area (Å²) >= 11 is 0. The van der Waals surface area contributed by atoms with E-state index < -0.39 is 11.5 Å². The monoisotopic (exact) mass is 472 g/mol. The van der Waals surface area contributed by atoms with Crippen LogP contribution in [0.2, 0.25) is 0 Å². The van der Waals surface area contributed by atoms with Gasteiger partial charge in [-0.1, -0.05) is 30.3 Å². The highest BCUT2D eigenvalue weighted by Gasteiger charge is 2.38. The fraction of sp³-hybridized carbons (Fsp3) is 0.222. The van der Waals surface area contributed by atoms with Gasteiger partial charge in [-0.05, 0) is 48.9 Å². The molecule has 0 aliphatic carbocycles. The number of aldehydes is 1. The lowest BCUT2D eigenvalue weighted by atomic mass is 10.0. The Morgan fingerprint density at radius 3 is 2.37 bits per heavy atom. The van der Waals surface area contributed by atoms with Gasteiger partial charge in [0.2, 0.25) is 5.72 Å². The minimum atomic E-state index is -1.84. The van der Waals surface area contributed by atoms with Crippen molar-refractivity contribution in [3.8, 4) is 17.1 Å². The molecule has 0 saturated carbocycles. The average Bonchev–Trinajstić information content (AvgIpc) is 2.88. The second-order valence-electron chi connectivity index (χ2n) is 8.73. The van der Waals surface area contributed by atoms with Crippen LogP contribution in [0.4, 0.5) is 10.2 Å². The molecule has 2 heterocycles. The van der Waals surface area contributed by atoms with Gasteiger partial charge in [-0.2, -0.15) is 0 Å². The van der Waals surface area contributed by atoms with E-state index in [1.807, 2.05) is 31.2 Å². The van der Waals surface area contributed by atoms with E-state index in [0.717, 1.165) is 22.3 Å². The third kappa shape index (κ3) is 4.22. The molecule has 0 spiro atoms. The third-order valence-electron chi connectivity index (χ3n) is 6.47. The van der Waals surface area contributed by atoms with E-state index in [4.69, 9.17) is 9.97 Å². The second kappa shape index (κ2) is 9.05. The van der Waals surface area contributed by atoms with Crippen molar-refractivity contribution in [2.24, 2.45) is 0 Å². The fourth-order valence-corrected chi connectivity index (χ4v) is 4.53. The smallest absolute Gasteiger partial charge is 0.202 e. The zero-order valence-electron chi connectivity index (χ0n) is 19.2. The molecule has 0 amide bonds. The van der Waals surface area contributed by atoms with E-state index in [9.17, 15) is 19.4 Å². The minimum absolute atomic E-state index is 0.102. The number of carbonyl (C=O) groups is 1. The molecule has 35 heavy (non-hydrogen) atoms. The summed E-state index contributed by atoms with van der Waals surface area (Å²) in [6, 6.07) is 18.3. The number of aromatic hydroxyl groups is 1. The third-order valence-corrected chi connectivity index (χ3v) is 6.47. The number of hydrogen-bond acceptors (Lipinski definition) is 7. The zero-order chi connectivity index (χ0) is 24.6. The van der Waals surface area contributed by atoms with Crippen LogP contribution in [-0.4, -0.2) is 57.5 Å². The molecule has 1 aliphatic rings. The number of nitrogens with zero attached hydrogens (tertiary/aromatic N) is 4. The van der Waals surface area contributed by atoms with Gasteiger partial charge in [-0.15, -0.1) is 0 Å². The number of halogens is 1. The summed E-state index contributed by atoms with van der Waals surface area (Å²) in [4.78, 5) is 25.3. The minimum Gasteiger partial charge on any atom is -0.507 e. The largest absolute Gasteiger partial charge is 0.507 e. The molecule has 2 N–H and O–H groups in total. The first-order valence-electron chi connectivity index (χ1n) is 11.4. The number of piperazine rings is 1. The Bertz CT molecular complexity index is 1390. The predicted octanol–water partition coefficient (Wildman–Crippen LogP) is 3.62. The number of anilines is 1. The molecule has 1 aromatic heterocycles. The van der Waals surface area contributed by atoms with Crippen LogP contribution in [0, 0.1) is 12.7 Å². The number of hydrogen-bond donors (Lipinski definition) is 2. The van der Waals surface area contributed by atoms with E-state index in [1.165, 1.54) is 24.3 Å². The zero-order valence-corrected chi connectivity index (χ0v) is 19.2. The molecule has 1 aliphatic heterocycles. The Morgan fingerprint density at radius 2 is 1.69 bits per heavy atom. The van der Waals surface area contributed by atoms with Crippen molar-refractivity contribution >= 4 is 23.0 Å². The van der Waals surface area contributed by atoms with Crippen molar-refractivity contribution in [3.05, 3.63) is 83.7 Å². The first kappa shape index (κ1) is 22.9. The van der Waals surface area contributed by atoms with Crippen LogP contribution in [0.5, 0.6) is 5.75 Å². The van der Waals surface area contributed by atoms with Gasteiger partial charge in [-0.3, -0.25) is 9.69 Å². The summed E-state index contributed by atoms with van der Waals surface area (Å²) in [5, 5.41) is 22.4. The number of phenolic OH excluding ortho intramolecular Hbond substituents is 1. The highest BCUT2D eigenvalue weighted by atomic mass is 19.1. The molecule has 1 saturated heterocycles. The van der Waals surface area contributed by atoms with Crippen LogP contribution in [-0.2, 0) is 10.5 Å². The second-order valence-corrected chi connectivity index (χ2v) is 8.73. The Hall–Kier alpha value is -3.88. The topological polar surface area (TPSA) is 89.8 Å². The highest BCUT2D eigenvalue weighted by molar-refractivity contribution is 5.92. The fourth-order valence-electron chi connectivity index (χ4n) is 4.53. The summed E-state index contributed by atoms with van der Waals surface area (Å²) in [6.45, 7) is 3.76. The normalized spacial score (nSPS) is 16.3. The molecular formula is C27H25FN4O3. The maximum absolute atomic E-state index is 13.4. The highest BCUT2D eigenvalue weighted by Crippen LogP contribution is 2.33. The SMILES string of the molecule is Cc1ccc2c(N3CCN(C(O)(C=O)c4ccc(F)cc4)CC3)nc(-c3ccccc3O)nc2c1. The van der Waals surface area contributed by atoms with Crippen LogP contribution in [0.3, 0.4) is 0 Å². The molecular weight excluding hydrogens is 447 g/mol. The van der Waals surface area contributed by atoms with Crippen LogP contribution >= 0.6 is 0 Å². The van der Waals surface area contributed by atoms with Gasteiger partial charge < -0.3 is 15.1 Å². The van der Waals surface area contributed by atoms with Gasteiger partial charge in [0.05, 0.1) is 11.1 Å². The molecule has 7 nitrogen and oxygen atoms in total. The van der Waals surface area contributed by atoms with Crippen molar-refractivity contribution in [2.45, 2.75) is 12.6 Å². The van der Waals surface area contributed by atoms with Crippen LogP contribution in [0.1, 0.15) is 11.1 Å². The summed E-state index contributed by atoms with van der Waals surface area (Å²) in [5.74, 6) is 0.822. The molecule has 0 bridgehead atoms. The van der Waals surface area contributed by atoms with Gasteiger partial charge in [0.25, 0.3) is 0 Å². The molecule has 8 heteroatoms. The van der Waals surface area contributed by atoms with Crippen LogP contribution in [0.15, 0.2) is 66.7 Å². The van der Waals surface area contributed by atoms with Crippen LogP contribution < -0.4 is 4.90 Å². The maximum atomic E-state index is 13.4. The Kier molecular flexibility index (Phi) is 5.92. The number of para-hydroxylation sites is 1. The van der Waals surface area contributed by atoms with E-state index in [1.54, 1.807) is 23.1 Å². The molecule has 5 rings (SSSR count). The first-order valence-corrected chi connectivity index (χ1v) is 11.4. The van der Waals surface area contributed by atoms with Gasteiger partial charge in [0, 0.05) is 37.1 Å². The molecule has 4 aromatic rings. The molecule has 0 radical (unpaired) electrons. The summed E-state index contributed by atoms with van der Waals surface area (Å²) in [6.07, 6.45) is 0.495. The van der Waals surface area contributed by atoms with Gasteiger partial charge in [0.1, 0.15) is 17.4 Å². The van der Waals surface area contributed by atoms with Crippen molar-refractivity contribution in [1.29, 1.82) is 0 Å². The van der Waals surface area contributed by atoms with E-state index in [0.29, 0.717) is 49.4 Å². The summed E-state index contributed by atoms with van der Waals surface area (Å²) < 4.78 is 13.4.